The summed E-state index contributed by atoms with van der Waals surface area (Å²) in [6, 6.07) is 32.2. The molecule has 0 amide bonds. The van der Waals surface area contributed by atoms with Crippen LogP contribution in [-0.4, -0.2) is 82.2 Å². The topological polar surface area (TPSA) is 135 Å². The number of aromatic nitrogens is 8. The van der Waals surface area contributed by atoms with Crippen molar-refractivity contribution in [1.82, 2.24) is 39.9 Å². The maximum atomic E-state index is 12.8. The molecule has 4 aromatic carbocycles. The molecule has 9 rings (SSSR count). The van der Waals surface area contributed by atoms with E-state index in [1.807, 2.05) is 97.1 Å². The number of aromatic amines is 2. The van der Waals surface area contributed by atoms with Gasteiger partial charge in [0, 0.05) is 69.7 Å². The first-order valence-electron chi connectivity index (χ1n) is 18.0. The van der Waals surface area contributed by atoms with E-state index >= 15 is 0 Å². The van der Waals surface area contributed by atoms with Crippen molar-refractivity contribution in [3.05, 3.63) is 97.1 Å². The maximum absolute atomic E-state index is 12.8. The summed E-state index contributed by atoms with van der Waals surface area (Å²) in [4.78, 5) is 36.8. The summed E-state index contributed by atoms with van der Waals surface area (Å²) >= 11 is 0. The third-order valence-electron chi connectivity index (χ3n) is 9.92. The summed E-state index contributed by atoms with van der Waals surface area (Å²) < 4.78 is 162. The molecule has 0 saturated carbocycles. The number of H-pyrrole nitrogens is 2. The molecule has 330 valence electrons. The summed E-state index contributed by atoms with van der Waals surface area (Å²) in [6.07, 6.45) is -9.75. The Morgan fingerprint density at radius 1 is 0.391 bits per heavy atom. The number of nitrogens with zero attached hydrogens (tertiary/aromatic N) is 6. The molecule has 0 radical (unpaired) electrons. The minimum Gasteiger partial charge on any atom is -0.330 e. The molecule has 0 unspecified atom stereocenters. The first-order valence-corrected chi connectivity index (χ1v) is 18.0. The molecule has 7 aromatic rings. The zero-order chi connectivity index (χ0) is 44.6. The zero-order valence-corrected chi connectivity index (χ0v) is 37.2. The summed E-state index contributed by atoms with van der Waals surface area (Å²) in [5, 5.41) is 3.82. The fourth-order valence-corrected chi connectivity index (χ4v) is 6.73. The fraction of sp³-hybridized carbons (Fsp3) is 0.200. The van der Waals surface area contributed by atoms with Crippen LogP contribution in [0.1, 0.15) is 6.42 Å². The molecule has 0 atom stereocenters. The van der Waals surface area contributed by atoms with E-state index in [0.29, 0.717) is 45.9 Å². The normalized spacial score (nSPS) is 13.0. The number of halogens is 14. The van der Waals surface area contributed by atoms with Gasteiger partial charge >= 0.3 is 35.8 Å². The second kappa shape index (κ2) is 16.9. The van der Waals surface area contributed by atoms with Gasteiger partial charge in [0.2, 0.25) is 0 Å². The van der Waals surface area contributed by atoms with E-state index < -0.39 is 48.8 Å². The van der Waals surface area contributed by atoms with Crippen molar-refractivity contribution in [3.63, 3.8) is 0 Å². The van der Waals surface area contributed by atoms with Gasteiger partial charge in [0.05, 0.1) is 0 Å². The van der Waals surface area contributed by atoms with Gasteiger partial charge in [-0.15, -0.1) is 24.0 Å². The van der Waals surface area contributed by atoms with Crippen LogP contribution in [0.3, 0.4) is 0 Å². The molecule has 0 saturated heterocycles. The zero-order valence-electron chi connectivity index (χ0n) is 31.9. The predicted octanol–water partition coefficient (Wildman–Crippen LogP) is 11.6. The minimum absolute atomic E-state index is 0. The van der Waals surface area contributed by atoms with E-state index in [9.17, 15) is 57.1 Å². The van der Waals surface area contributed by atoms with Crippen molar-refractivity contribution in [2.75, 3.05) is 6.54 Å². The molecule has 2 aliphatic heterocycles. The number of nitrogens with two attached hydrogens (primary N) is 1. The number of fused-ring (bicyclic) bond motifs is 20. The molecule has 0 fully saturated rings. The first kappa shape index (κ1) is 48.1. The maximum Gasteiger partial charge on any atom is 0.460 e. The van der Waals surface area contributed by atoms with Crippen molar-refractivity contribution in [2.24, 2.45) is 5.73 Å². The molecule has 0 aliphatic carbocycles. The molecule has 4 N–H and O–H groups in total. The Kier molecular flexibility index (Phi) is 12.7. The number of alkyl halides is 13. The van der Waals surface area contributed by atoms with Crippen LogP contribution in [0.25, 0.3) is 89.7 Å². The largest absolute Gasteiger partial charge is 0.460 e. The molecule has 5 heterocycles. The Labute approximate surface area is 380 Å². The van der Waals surface area contributed by atoms with Gasteiger partial charge in [-0.05, 0) is 6.54 Å². The third-order valence-corrected chi connectivity index (χ3v) is 9.92. The van der Waals surface area contributed by atoms with E-state index in [2.05, 4.69) is 15.7 Å². The van der Waals surface area contributed by atoms with E-state index in [1.54, 1.807) is 0 Å². The van der Waals surface area contributed by atoms with Crippen molar-refractivity contribution in [2.45, 2.75) is 42.2 Å². The average molecular weight is 1070 g/mol. The van der Waals surface area contributed by atoms with Gasteiger partial charge in [0.15, 0.2) is 23.3 Å². The van der Waals surface area contributed by atoms with Gasteiger partial charge in [-0.3, -0.25) is 0 Å². The number of nitrogens with one attached hydrogen (secondary N) is 2. The number of hydrogen-bond acceptors (Lipinski definition) is 7. The van der Waals surface area contributed by atoms with Crippen LogP contribution in [0.5, 0.6) is 0 Å². The number of benzene rings is 4. The van der Waals surface area contributed by atoms with Crippen molar-refractivity contribution in [3.8, 4) is 45.6 Å². The Bertz CT molecular complexity index is 2750. The average Bonchev–Trinajstić information content (AvgIpc) is 3.96. The second-order valence-electron chi connectivity index (χ2n) is 13.8. The monoisotopic (exact) mass is 1070 g/mol. The Balaban J connectivity index is 0.000000246. The van der Waals surface area contributed by atoms with Gasteiger partial charge in [-0.2, -0.15) is 57.1 Å². The third kappa shape index (κ3) is 7.63. The minimum atomic E-state index is -7.85. The van der Waals surface area contributed by atoms with Crippen LogP contribution >= 0.6 is 24.0 Å². The summed E-state index contributed by atoms with van der Waals surface area (Å²) in [5.74, 6) is -34.2. The Hall–Kier alpha value is -5.36. The van der Waals surface area contributed by atoms with Crippen LogP contribution < -0.4 is 5.73 Å². The quantitative estimate of drug-likeness (QED) is 0.0857. The number of rotatable bonds is 6. The molecular formula is C40H25F13IN9Zn. The van der Waals surface area contributed by atoms with Crippen LogP contribution in [0, 0.1) is 0 Å². The second-order valence-corrected chi connectivity index (χ2v) is 13.8. The molecule has 8 bridgehead atoms. The van der Waals surface area contributed by atoms with E-state index in [-0.39, 0.29) is 43.5 Å². The van der Waals surface area contributed by atoms with Gasteiger partial charge < -0.3 is 15.7 Å². The van der Waals surface area contributed by atoms with E-state index in [0.717, 1.165) is 43.8 Å². The van der Waals surface area contributed by atoms with Crippen LogP contribution in [0.2, 0.25) is 0 Å². The SMILES string of the molecule is I.NCCC(F)(F)C(F)(F)C(F)(F)C(F)(F)C(F)(F)C(F)(F)F.[Zn].c1ccc2c(c1)-c1nc-2nc2[nH]c(nc3nc(nc4[nH]c(n1)c1ccccc41)-c1ccccc1-3)c1ccccc21. The van der Waals surface area contributed by atoms with E-state index in [4.69, 9.17) is 29.9 Å². The standard InChI is InChI=1S/C32H18N8.C8H6F13N.HI.Zn/c1-2-10-18-17(9-1)25-33-26(18)38-28-21-13-5-6-14-22(21)30(35-28)40-32-24-16-8-7-15-23(24)31(36-32)39-29-20-12-4-3-11-19(20)27(34-29)37-25;9-3(10,1-2-22)4(11,12)5(13,14)6(15,16)7(17,18)8(19,20)21;;/h1-16H,(H2,33,34,35,36,37,38,39,40);1-2,22H2;1H;. The molecule has 0 spiro atoms. The van der Waals surface area contributed by atoms with Crippen molar-refractivity contribution in [1.29, 1.82) is 0 Å². The summed E-state index contributed by atoms with van der Waals surface area (Å²) in [7, 11) is 0. The van der Waals surface area contributed by atoms with Gasteiger partial charge in [-0.1, -0.05) is 97.1 Å². The van der Waals surface area contributed by atoms with Crippen LogP contribution in [-0.2, 0) is 19.5 Å². The molecule has 9 nitrogen and oxygen atoms in total. The van der Waals surface area contributed by atoms with Crippen LogP contribution in [0.15, 0.2) is 97.1 Å². The van der Waals surface area contributed by atoms with Crippen LogP contribution in [0.4, 0.5) is 57.1 Å². The van der Waals surface area contributed by atoms with Gasteiger partial charge in [0.25, 0.3) is 0 Å². The van der Waals surface area contributed by atoms with Gasteiger partial charge in [-0.25, -0.2) is 29.9 Å². The molecule has 2 aliphatic rings. The fourth-order valence-electron chi connectivity index (χ4n) is 6.73. The molecule has 24 heteroatoms. The molecule has 64 heavy (non-hydrogen) atoms. The van der Waals surface area contributed by atoms with Crippen molar-refractivity contribution < 1.29 is 76.6 Å². The Morgan fingerprint density at radius 2 is 0.656 bits per heavy atom. The molecule has 3 aromatic heterocycles. The van der Waals surface area contributed by atoms with E-state index in [1.165, 1.54) is 0 Å². The van der Waals surface area contributed by atoms with Gasteiger partial charge in [0.1, 0.15) is 22.6 Å². The first-order chi connectivity index (χ1) is 29.1. The summed E-state index contributed by atoms with van der Waals surface area (Å²) in [5.41, 5.74) is 10.8. The Morgan fingerprint density at radius 3 is 0.922 bits per heavy atom. The van der Waals surface area contributed by atoms with Crippen molar-refractivity contribution >= 4 is 68.1 Å². The predicted molar refractivity (Wildman–Crippen MR) is 216 cm³/mol. The summed E-state index contributed by atoms with van der Waals surface area (Å²) in [6.45, 7) is -1.46. The smallest absolute Gasteiger partial charge is 0.330 e. The molecular weight excluding hydrogens is 1050 g/mol. The number of hydrogen-bond donors (Lipinski definition) is 3.